The van der Waals surface area contributed by atoms with Crippen LogP contribution in [-0.4, -0.2) is 24.8 Å². The Morgan fingerprint density at radius 2 is 2.36 bits per heavy atom. The van der Waals surface area contributed by atoms with Gasteiger partial charge in [-0.2, -0.15) is 0 Å². The molecular formula is C9H15NO. The van der Waals surface area contributed by atoms with Gasteiger partial charge in [0.05, 0.1) is 12.1 Å². The van der Waals surface area contributed by atoms with Crippen molar-refractivity contribution in [3.8, 4) is 12.3 Å². The van der Waals surface area contributed by atoms with E-state index in [1.54, 1.807) is 0 Å². The lowest BCUT2D eigenvalue weighted by Gasteiger charge is -2.23. The number of hydrogen-bond donors (Lipinski definition) is 1. The van der Waals surface area contributed by atoms with Gasteiger partial charge in [0.15, 0.2) is 0 Å². The van der Waals surface area contributed by atoms with E-state index in [4.69, 9.17) is 11.2 Å². The Hall–Kier alpha value is -0.520. The summed E-state index contributed by atoms with van der Waals surface area (Å²) in [4.78, 5) is 0. The molecule has 2 nitrogen and oxygen atoms in total. The summed E-state index contributed by atoms with van der Waals surface area (Å²) < 4.78 is 5.22. The third-order valence-electron chi connectivity index (χ3n) is 1.86. The second-order valence-electron chi connectivity index (χ2n) is 3.47. The predicted molar refractivity (Wildman–Crippen MR) is 45.3 cm³/mol. The Labute approximate surface area is 68.3 Å². The molecule has 1 aliphatic rings. The molecule has 0 aliphatic carbocycles. The standard InChI is InChI=1S/C9H15NO/c1-4-9(2,3)10-8-5-6-11-7-8/h1,8,10H,5-7H2,2-3H3. The fourth-order valence-corrected chi connectivity index (χ4v) is 1.20. The van der Waals surface area contributed by atoms with Crippen molar-refractivity contribution in [1.29, 1.82) is 0 Å². The van der Waals surface area contributed by atoms with Crippen molar-refractivity contribution in [3.63, 3.8) is 0 Å². The van der Waals surface area contributed by atoms with Crippen LogP contribution in [0.15, 0.2) is 0 Å². The summed E-state index contributed by atoms with van der Waals surface area (Å²) in [6.07, 6.45) is 6.41. The van der Waals surface area contributed by atoms with Gasteiger partial charge in [0.25, 0.3) is 0 Å². The van der Waals surface area contributed by atoms with E-state index in [0.717, 1.165) is 19.6 Å². The summed E-state index contributed by atoms with van der Waals surface area (Å²) in [5.41, 5.74) is -0.196. The highest BCUT2D eigenvalue weighted by molar-refractivity contribution is 5.08. The Kier molecular flexibility index (Phi) is 2.53. The van der Waals surface area contributed by atoms with Gasteiger partial charge in [-0.05, 0) is 20.3 Å². The van der Waals surface area contributed by atoms with E-state index in [9.17, 15) is 0 Å². The largest absolute Gasteiger partial charge is 0.380 e. The quantitative estimate of drug-likeness (QED) is 0.592. The fraction of sp³-hybridized carbons (Fsp3) is 0.778. The van der Waals surface area contributed by atoms with Gasteiger partial charge in [0.1, 0.15) is 0 Å². The molecule has 1 saturated heterocycles. The average molecular weight is 153 g/mol. The van der Waals surface area contributed by atoms with Crippen LogP contribution in [0.4, 0.5) is 0 Å². The topological polar surface area (TPSA) is 21.3 Å². The summed E-state index contributed by atoms with van der Waals surface area (Å²) in [5, 5.41) is 3.34. The summed E-state index contributed by atoms with van der Waals surface area (Å²) >= 11 is 0. The Bertz CT molecular complexity index is 163. The van der Waals surface area contributed by atoms with Gasteiger partial charge in [0.2, 0.25) is 0 Å². The molecule has 0 spiro atoms. The molecule has 0 saturated carbocycles. The van der Waals surface area contributed by atoms with Gasteiger partial charge in [-0.15, -0.1) is 6.42 Å². The molecule has 1 heterocycles. The van der Waals surface area contributed by atoms with E-state index in [0.29, 0.717) is 6.04 Å². The molecule has 0 aromatic rings. The molecule has 0 aromatic heterocycles. The summed E-state index contributed by atoms with van der Waals surface area (Å²) in [6, 6.07) is 0.445. The number of hydrogen-bond acceptors (Lipinski definition) is 2. The maximum Gasteiger partial charge on any atom is 0.0744 e. The maximum absolute atomic E-state index is 5.33. The molecule has 0 amide bonds. The first-order valence-corrected chi connectivity index (χ1v) is 3.97. The van der Waals surface area contributed by atoms with Crippen molar-refractivity contribution in [2.75, 3.05) is 13.2 Å². The fourth-order valence-electron chi connectivity index (χ4n) is 1.20. The van der Waals surface area contributed by atoms with Crippen LogP contribution in [0, 0.1) is 12.3 Å². The summed E-state index contributed by atoms with van der Waals surface area (Å²) in [5.74, 6) is 2.70. The van der Waals surface area contributed by atoms with Gasteiger partial charge in [-0.3, -0.25) is 5.32 Å². The molecule has 0 bridgehead atoms. The Morgan fingerprint density at radius 1 is 1.64 bits per heavy atom. The molecular weight excluding hydrogens is 138 g/mol. The second-order valence-corrected chi connectivity index (χ2v) is 3.47. The lowest BCUT2D eigenvalue weighted by atomic mass is 10.1. The van der Waals surface area contributed by atoms with Crippen LogP contribution >= 0.6 is 0 Å². The molecule has 1 N–H and O–H groups in total. The van der Waals surface area contributed by atoms with Crippen LogP contribution in [0.1, 0.15) is 20.3 Å². The lowest BCUT2D eigenvalue weighted by molar-refractivity contribution is 0.186. The lowest BCUT2D eigenvalue weighted by Crippen LogP contribution is -2.45. The third kappa shape index (κ3) is 2.53. The molecule has 62 valence electrons. The highest BCUT2D eigenvalue weighted by Gasteiger charge is 2.22. The van der Waals surface area contributed by atoms with Crippen molar-refractivity contribution >= 4 is 0 Å². The minimum absolute atomic E-state index is 0.196. The maximum atomic E-state index is 5.33. The first-order chi connectivity index (χ1) is 5.14. The molecule has 1 atom stereocenters. The number of nitrogens with one attached hydrogen (secondary N) is 1. The highest BCUT2D eigenvalue weighted by Crippen LogP contribution is 2.08. The molecule has 1 fully saturated rings. The predicted octanol–water partition coefficient (Wildman–Crippen LogP) is 0.777. The Balaban J connectivity index is 2.35. The van der Waals surface area contributed by atoms with Crippen LogP contribution in [-0.2, 0) is 4.74 Å². The zero-order valence-corrected chi connectivity index (χ0v) is 7.18. The van der Waals surface area contributed by atoms with Crippen molar-refractivity contribution < 1.29 is 4.74 Å². The van der Waals surface area contributed by atoms with Crippen molar-refractivity contribution in [3.05, 3.63) is 0 Å². The van der Waals surface area contributed by atoms with E-state index in [1.807, 2.05) is 13.8 Å². The number of terminal acetylenes is 1. The van der Waals surface area contributed by atoms with Crippen LogP contribution in [0.25, 0.3) is 0 Å². The highest BCUT2D eigenvalue weighted by atomic mass is 16.5. The SMILES string of the molecule is C#CC(C)(C)NC1CCOC1. The van der Waals surface area contributed by atoms with E-state index in [1.165, 1.54) is 0 Å². The zero-order chi connectivity index (χ0) is 8.32. The first-order valence-electron chi connectivity index (χ1n) is 3.97. The normalized spacial score (nSPS) is 25.0. The molecule has 1 aliphatic heterocycles. The van der Waals surface area contributed by atoms with Crippen LogP contribution in [0.5, 0.6) is 0 Å². The van der Waals surface area contributed by atoms with Gasteiger partial charge in [0, 0.05) is 12.6 Å². The smallest absolute Gasteiger partial charge is 0.0744 e. The molecule has 0 radical (unpaired) electrons. The van der Waals surface area contributed by atoms with Crippen molar-refractivity contribution in [2.24, 2.45) is 0 Å². The Morgan fingerprint density at radius 3 is 2.82 bits per heavy atom. The van der Waals surface area contributed by atoms with E-state index in [2.05, 4.69) is 11.2 Å². The van der Waals surface area contributed by atoms with E-state index >= 15 is 0 Å². The van der Waals surface area contributed by atoms with Crippen LogP contribution in [0.3, 0.4) is 0 Å². The van der Waals surface area contributed by atoms with E-state index in [-0.39, 0.29) is 5.54 Å². The zero-order valence-electron chi connectivity index (χ0n) is 7.18. The van der Waals surface area contributed by atoms with E-state index < -0.39 is 0 Å². The molecule has 1 unspecified atom stereocenters. The van der Waals surface area contributed by atoms with Gasteiger partial charge < -0.3 is 4.74 Å². The number of rotatable bonds is 2. The third-order valence-corrected chi connectivity index (χ3v) is 1.86. The first kappa shape index (κ1) is 8.58. The minimum atomic E-state index is -0.196. The van der Waals surface area contributed by atoms with Gasteiger partial charge in [-0.25, -0.2) is 0 Å². The average Bonchev–Trinajstić information content (AvgIpc) is 2.39. The second kappa shape index (κ2) is 3.25. The molecule has 11 heavy (non-hydrogen) atoms. The minimum Gasteiger partial charge on any atom is -0.380 e. The van der Waals surface area contributed by atoms with Crippen molar-refractivity contribution in [1.82, 2.24) is 5.32 Å². The monoisotopic (exact) mass is 153 g/mol. The van der Waals surface area contributed by atoms with Crippen LogP contribution in [0.2, 0.25) is 0 Å². The van der Waals surface area contributed by atoms with Crippen LogP contribution < -0.4 is 5.32 Å². The molecule has 1 rings (SSSR count). The molecule has 0 aromatic carbocycles. The number of ether oxygens (including phenoxy) is 1. The summed E-state index contributed by atoms with van der Waals surface area (Å²) in [6.45, 7) is 5.67. The summed E-state index contributed by atoms with van der Waals surface area (Å²) in [7, 11) is 0. The van der Waals surface area contributed by atoms with Gasteiger partial charge >= 0.3 is 0 Å². The molecule has 2 heteroatoms. The van der Waals surface area contributed by atoms with Crippen molar-refractivity contribution in [2.45, 2.75) is 31.8 Å². The van der Waals surface area contributed by atoms with Gasteiger partial charge in [-0.1, -0.05) is 5.92 Å².